The SMILES string of the molecule is CCCNC(CC)c1ccc(OCc2ccco2)cn1. The molecule has 108 valence electrons. The molecule has 0 aliphatic heterocycles. The highest BCUT2D eigenvalue weighted by molar-refractivity contribution is 5.21. The first-order chi connectivity index (χ1) is 9.83. The number of hydrogen-bond acceptors (Lipinski definition) is 4. The van der Waals surface area contributed by atoms with Crippen LogP contribution in [-0.2, 0) is 6.61 Å². The normalized spacial score (nSPS) is 12.3. The van der Waals surface area contributed by atoms with E-state index >= 15 is 0 Å². The summed E-state index contributed by atoms with van der Waals surface area (Å²) in [5.74, 6) is 1.57. The zero-order valence-corrected chi connectivity index (χ0v) is 12.1. The molecule has 0 aromatic carbocycles. The lowest BCUT2D eigenvalue weighted by Gasteiger charge is -2.16. The fraction of sp³-hybridized carbons (Fsp3) is 0.438. The zero-order valence-electron chi connectivity index (χ0n) is 12.1. The van der Waals surface area contributed by atoms with Crippen LogP contribution in [0.4, 0.5) is 0 Å². The molecule has 2 heterocycles. The number of aromatic nitrogens is 1. The maximum absolute atomic E-state index is 5.62. The predicted octanol–water partition coefficient (Wildman–Crippen LogP) is 3.70. The molecule has 0 fully saturated rings. The summed E-state index contributed by atoms with van der Waals surface area (Å²) in [5.41, 5.74) is 1.06. The van der Waals surface area contributed by atoms with Crippen molar-refractivity contribution in [3.05, 3.63) is 48.2 Å². The number of furan rings is 1. The van der Waals surface area contributed by atoms with Crippen molar-refractivity contribution in [1.82, 2.24) is 10.3 Å². The summed E-state index contributed by atoms with van der Waals surface area (Å²) in [5, 5.41) is 3.49. The Hall–Kier alpha value is -1.81. The Bertz CT molecular complexity index is 480. The Labute approximate surface area is 120 Å². The van der Waals surface area contributed by atoms with Crippen LogP contribution in [0.15, 0.2) is 41.1 Å². The molecule has 0 aliphatic rings. The second kappa shape index (κ2) is 7.70. The lowest BCUT2D eigenvalue weighted by atomic mass is 10.1. The van der Waals surface area contributed by atoms with Crippen molar-refractivity contribution in [3.8, 4) is 5.75 Å². The minimum Gasteiger partial charge on any atom is -0.484 e. The van der Waals surface area contributed by atoms with Crippen LogP contribution in [0.1, 0.15) is 44.2 Å². The fourth-order valence-corrected chi connectivity index (χ4v) is 2.01. The smallest absolute Gasteiger partial charge is 0.146 e. The molecule has 4 heteroatoms. The Balaban J connectivity index is 1.91. The lowest BCUT2D eigenvalue weighted by molar-refractivity contribution is 0.269. The maximum atomic E-state index is 5.62. The minimum absolute atomic E-state index is 0.314. The van der Waals surface area contributed by atoms with E-state index in [0.717, 1.165) is 36.6 Å². The third-order valence-electron chi connectivity index (χ3n) is 3.13. The van der Waals surface area contributed by atoms with Gasteiger partial charge in [-0.3, -0.25) is 4.98 Å². The van der Waals surface area contributed by atoms with Crippen LogP contribution in [0, 0.1) is 0 Å². The lowest BCUT2D eigenvalue weighted by Crippen LogP contribution is -2.22. The quantitative estimate of drug-likeness (QED) is 0.797. The van der Waals surface area contributed by atoms with Gasteiger partial charge in [0.15, 0.2) is 0 Å². The highest BCUT2D eigenvalue weighted by Crippen LogP contribution is 2.18. The molecule has 0 radical (unpaired) electrons. The van der Waals surface area contributed by atoms with E-state index in [2.05, 4.69) is 24.1 Å². The largest absolute Gasteiger partial charge is 0.484 e. The number of pyridine rings is 1. The predicted molar refractivity (Wildman–Crippen MR) is 78.6 cm³/mol. The van der Waals surface area contributed by atoms with Crippen LogP contribution in [0.3, 0.4) is 0 Å². The highest BCUT2D eigenvalue weighted by atomic mass is 16.5. The Kier molecular flexibility index (Phi) is 5.62. The number of ether oxygens (including phenoxy) is 1. The topological polar surface area (TPSA) is 47.3 Å². The van der Waals surface area contributed by atoms with Crippen molar-refractivity contribution in [2.24, 2.45) is 0 Å². The van der Waals surface area contributed by atoms with Crippen LogP contribution in [0.2, 0.25) is 0 Å². The van der Waals surface area contributed by atoms with Crippen molar-refractivity contribution in [3.63, 3.8) is 0 Å². The third kappa shape index (κ3) is 4.10. The average Bonchev–Trinajstić information content (AvgIpc) is 3.00. The van der Waals surface area contributed by atoms with Gasteiger partial charge in [0.2, 0.25) is 0 Å². The monoisotopic (exact) mass is 274 g/mol. The van der Waals surface area contributed by atoms with E-state index < -0.39 is 0 Å². The fourth-order valence-electron chi connectivity index (χ4n) is 2.01. The molecular formula is C16H22N2O2. The van der Waals surface area contributed by atoms with E-state index in [-0.39, 0.29) is 0 Å². The maximum Gasteiger partial charge on any atom is 0.146 e. The second-order valence-corrected chi connectivity index (χ2v) is 4.70. The highest BCUT2D eigenvalue weighted by Gasteiger charge is 2.09. The van der Waals surface area contributed by atoms with Crippen molar-refractivity contribution in [2.45, 2.75) is 39.3 Å². The van der Waals surface area contributed by atoms with Crippen LogP contribution in [0.5, 0.6) is 5.75 Å². The van der Waals surface area contributed by atoms with Gasteiger partial charge in [0, 0.05) is 6.04 Å². The average molecular weight is 274 g/mol. The first-order valence-corrected chi connectivity index (χ1v) is 7.18. The summed E-state index contributed by atoms with van der Waals surface area (Å²) in [6.07, 6.45) is 5.57. The summed E-state index contributed by atoms with van der Waals surface area (Å²) in [4.78, 5) is 4.48. The molecule has 0 aliphatic carbocycles. The van der Waals surface area contributed by atoms with Gasteiger partial charge >= 0.3 is 0 Å². The third-order valence-corrected chi connectivity index (χ3v) is 3.13. The molecular weight excluding hydrogens is 252 g/mol. The van der Waals surface area contributed by atoms with Gasteiger partial charge < -0.3 is 14.5 Å². The molecule has 2 aromatic rings. The van der Waals surface area contributed by atoms with Gasteiger partial charge in [-0.2, -0.15) is 0 Å². The molecule has 0 amide bonds. The molecule has 0 bridgehead atoms. The summed E-state index contributed by atoms with van der Waals surface area (Å²) in [6, 6.07) is 8.04. The van der Waals surface area contributed by atoms with Crippen LogP contribution < -0.4 is 10.1 Å². The van der Waals surface area contributed by atoms with Gasteiger partial charge in [-0.05, 0) is 43.7 Å². The molecule has 0 saturated carbocycles. The van der Waals surface area contributed by atoms with Gasteiger partial charge in [0.05, 0.1) is 18.2 Å². The first-order valence-electron chi connectivity index (χ1n) is 7.18. The van der Waals surface area contributed by atoms with E-state index in [4.69, 9.17) is 9.15 Å². The number of rotatable bonds is 8. The molecule has 1 N–H and O–H groups in total. The molecule has 1 unspecified atom stereocenters. The summed E-state index contributed by atoms with van der Waals surface area (Å²) >= 11 is 0. The first kappa shape index (κ1) is 14.6. The van der Waals surface area contributed by atoms with Gasteiger partial charge in [-0.15, -0.1) is 0 Å². The summed E-state index contributed by atoms with van der Waals surface area (Å²) in [6.45, 7) is 5.77. The van der Waals surface area contributed by atoms with Crippen molar-refractivity contribution < 1.29 is 9.15 Å². The number of nitrogens with zero attached hydrogens (tertiary/aromatic N) is 1. The second-order valence-electron chi connectivity index (χ2n) is 4.70. The van der Waals surface area contributed by atoms with Gasteiger partial charge in [-0.1, -0.05) is 13.8 Å². The summed E-state index contributed by atoms with van der Waals surface area (Å²) in [7, 11) is 0. The van der Waals surface area contributed by atoms with Crippen LogP contribution in [-0.4, -0.2) is 11.5 Å². The van der Waals surface area contributed by atoms with Gasteiger partial charge in [-0.25, -0.2) is 0 Å². The van der Waals surface area contributed by atoms with E-state index in [1.54, 1.807) is 12.5 Å². The Morgan fingerprint density at radius 3 is 2.80 bits per heavy atom. The minimum atomic E-state index is 0.314. The molecule has 4 nitrogen and oxygen atoms in total. The molecule has 20 heavy (non-hydrogen) atoms. The molecule has 1 atom stereocenters. The summed E-state index contributed by atoms with van der Waals surface area (Å²) < 4.78 is 10.8. The van der Waals surface area contributed by atoms with Gasteiger partial charge in [0.1, 0.15) is 18.1 Å². The van der Waals surface area contributed by atoms with Crippen molar-refractivity contribution in [1.29, 1.82) is 0 Å². The van der Waals surface area contributed by atoms with Crippen LogP contribution in [0.25, 0.3) is 0 Å². The van der Waals surface area contributed by atoms with E-state index in [1.807, 2.05) is 24.3 Å². The molecule has 2 rings (SSSR count). The van der Waals surface area contributed by atoms with E-state index in [9.17, 15) is 0 Å². The van der Waals surface area contributed by atoms with Gasteiger partial charge in [0.25, 0.3) is 0 Å². The molecule has 0 spiro atoms. The Morgan fingerprint density at radius 1 is 1.30 bits per heavy atom. The van der Waals surface area contributed by atoms with Crippen LogP contribution >= 0.6 is 0 Å². The Morgan fingerprint density at radius 2 is 2.20 bits per heavy atom. The van der Waals surface area contributed by atoms with E-state index in [1.165, 1.54) is 0 Å². The molecule has 2 aromatic heterocycles. The molecule has 0 saturated heterocycles. The standard InChI is InChI=1S/C16H22N2O2/c1-3-9-17-15(4-2)16-8-7-13(11-18-16)20-12-14-6-5-10-19-14/h5-8,10-11,15,17H,3-4,9,12H2,1-2H3. The zero-order chi connectivity index (χ0) is 14.2. The van der Waals surface area contributed by atoms with E-state index in [0.29, 0.717) is 12.6 Å². The van der Waals surface area contributed by atoms with Crippen molar-refractivity contribution in [2.75, 3.05) is 6.54 Å². The number of nitrogens with one attached hydrogen (secondary N) is 1. The number of hydrogen-bond donors (Lipinski definition) is 1. The van der Waals surface area contributed by atoms with Crippen molar-refractivity contribution >= 4 is 0 Å².